The van der Waals surface area contributed by atoms with Crippen LogP contribution in [0.2, 0.25) is 0 Å². The van der Waals surface area contributed by atoms with Gasteiger partial charge in [-0.1, -0.05) is 19.8 Å². The van der Waals surface area contributed by atoms with Crippen LogP contribution in [0.5, 0.6) is 0 Å². The average molecular weight is 545 g/mol. The Labute approximate surface area is 227 Å². The minimum absolute atomic E-state index is 0.00474. The van der Waals surface area contributed by atoms with Crippen LogP contribution in [0.15, 0.2) is 41.7 Å². The molecule has 200 valence electrons. The molecule has 11 nitrogen and oxygen atoms in total. The van der Waals surface area contributed by atoms with Gasteiger partial charge >= 0.3 is 0 Å². The highest BCUT2D eigenvalue weighted by Gasteiger charge is 2.36. The van der Waals surface area contributed by atoms with Gasteiger partial charge in [0.1, 0.15) is 29.2 Å². The molecule has 0 saturated heterocycles. The fourth-order valence-corrected chi connectivity index (χ4v) is 6.45. The Balaban J connectivity index is 1.17. The first-order valence-corrected chi connectivity index (χ1v) is 13.9. The third-order valence-corrected chi connectivity index (χ3v) is 8.56. The first-order chi connectivity index (χ1) is 18.9. The lowest BCUT2D eigenvalue weighted by Crippen LogP contribution is -2.36. The summed E-state index contributed by atoms with van der Waals surface area (Å²) in [5.41, 5.74) is 5.56. The van der Waals surface area contributed by atoms with Gasteiger partial charge in [-0.05, 0) is 31.4 Å². The number of pyridine rings is 1. The third-order valence-electron chi connectivity index (χ3n) is 7.47. The highest BCUT2D eigenvalue weighted by molar-refractivity contribution is 7.19. The molecule has 4 N–H and O–H groups in total. The molecule has 2 aliphatic rings. The van der Waals surface area contributed by atoms with Crippen molar-refractivity contribution in [2.75, 3.05) is 11.1 Å². The molecule has 4 aromatic rings. The maximum atomic E-state index is 13.4. The van der Waals surface area contributed by atoms with Crippen LogP contribution < -0.4 is 21.9 Å². The number of nitrogens with zero attached hydrogens (tertiary/aromatic N) is 5. The van der Waals surface area contributed by atoms with Gasteiger partial charge in [-0.25, -0.2) is 19.9 Å². The number of nitrogen functional groups attached to an aromatic ring is 1. The summed E-state index contributed by atoms with van der Waals surface area (Å²) >= 11 is 1.53. The summed E-state index contributed by atoms with van der Waals surface area (Å²) in [4.78, 5) is 57.7. The lowest BCUT2D eigenvalue weighted by atomic mass is 10.1. The van der Waals surface area contributed by atoms with E-state index in [1.165, 1.54) is 47.3 Å². The minimum Gasteiger partial charge on any atom is -0.384 e. The Hall–Kier alpha value is -4.19. The van der Waals surface area contributed by atoms with Crippen molar-refractivity contribution in [3.05, 3.63) is 69.4 Å². The Morgan fingerprint density at radius 3 is 2.62 bits per heavy atom. The zero-order valence-electron chi connectivity index (χ0n) is 21.4. The molecule has 39 heavy (non-hydrogen) atoms. The van der Waals surface area contributed by atoms with Gasteiger partial charge in [0.2, 0.25) is 5.91 Å². The van der Waals surface area contributed by atoms with Crippen molar-refractivity contribution in [3.63, 3.8) is 0 Å². The molecule has 2 atom stereocenters. The molecule has 1 aliphatic carbocycles. The second-order valence-electron chi connectivity index (χ2n) is 10.2. The van der Waals surface area contributed by atoms with Crippen LogP contribution in [-0.2, 0) is 11.3 Å². The van der Waals surface area contributed by atoms with Gasteiger partial charge in [0.15, 0.2) is 0 Å². The molecule has 1 saturated carbocycles. The number of anilines is 2. The smallest absolute Gasteiger partial charge is 0.278 e. The first-order valence-electron chi connectivity index (χ1n) is 13.0. The zero-order valence-corrected chi connectivity index (χ0v) is 22.2. The van der Waals surface area contributed by atoms with Crippen LogP contribution >= 0.6 is 11.3 Å². The maximum absolute atomic E-state index is 13.4. The predicted molar refractivity (Wildman–Crippen MR) is 148 cm³/mol. The van der Waals surface area contributed by atoms with Gasteiger partial charge in [-0.2, -0.15) is 0 Å². The molecule has 1 fully saturated rings. The van der Waals surface area contributed by atoms with Crippen LogP contribution in [0, 0.1) is 0 Å². The quantitative estimate of drug-likeness (QED) is 0.333. The molecule has 0 bridgehead atoms. The van der Waals surface area contributed by atoms with Crippen molar-refractivity contribution in [1.29, 1.82) is 0 Å². The standard InChI is InChI=1S/C27H28N8O3S/c1-14-6-20(26(37)33-12-18-7-16-9-29-22(28)8-21(16)39-18)35-24(14)32-13-19(27(35)38)34-25(36)17-10-30-23(31-11-17)15-4-2-3-5-15/h7-11,13-15,20H,2-6,12H2,1H3,(H2,28,29)(H,33,37)(H,34,36)/t14-,20+/m1/s1. The van der Waals surface area contributed by atoms with Crippen LogP contribution in [0.25, 0.3) is 10.1 Å². The van der Waals surface area contributed by atoms with Gasteiger partial charge in [0.05, 0.1) is 18.3 Å². The summed E-state index contributed by atoms with van der Waals surface area (Å²) < 4.78 is 2.39. The molecular formula is C27H28N8O3S. The summed E-state index contributed by atoms with van der Waals surface area (Å²) in [6.45, 7) is 2.24. The number of amides is 2. The number of hydrogen-bond acceptors (Lipinski definition) is 9. The lowest BCUT2D eigenvalue weighted by molar-refractivity contribution is -0.124. The number of nitrogens with two attached hydrogens (primary N) is 1. The molecule has 1 aliphatic heterocycles. The summed E-state index contributed by atoms with van der Waals surface area (Å²) in [5.74, 6) is 1.19. The molecule has 0 unspecified atom stereocenters. The van der Waals surface area contributed by atoms with Crippen LogP contribution in [-0.4, -0.2) is 36.3 Å². The second kappa shape index (κ2) is 10.2. The number of carbonyl (C=O) groups is 2. The number of thiophene rings is 1. The third kappa shape index (κ3) is 4.87. The second-order valence-corrected chi connectivity index (χ2v) is 11.4. The van der Waals surface area contributed by atoms with E-state index in [0.717, 1.165) is 33.6 Å². The highest BCUT2D eigenvalue weighted by atomic mass is 32.1. The van der Waals surface area contributed by atoms with E-state index in [-0.39, 0.29) is 23.1 Å². The first kappa shape index (κ1) is 25.1. The molecule has 0 spiro atoms. The number of aromatic nitrogens is 5. The fraction of sp³-hybridized carbons (Fsp3) is 0.370. The molecule has 0 radical (unpaired) electrons. The molecule has 0 aromatic carbocycles. The van der Waals surface area contributed by atoms with Crippen LogP contribution in [0.4, 0.5) is 11.5 Å². The SMILES string of the molecule is C[C@@H]1C[C@@H](C(=O)NCc2cc3cnc(N)cc3s2)n2c1ncc(NC(=O)c1cnc(C3CCCC3)nc1)c2=O. The number of nitrogens with one attached hydrogen (secondary N) is 2. The molecule has 5 heterocycles. The molecule has 12 heteroatoms. The van der Waals surface area contributed by atoms with Crippen molar-refractivity contribution >= 4 is 44.7 Å². The van der Waals surface area contributed by atoms with Crippen molar-refractivity contribution in [3.8, 4) is 0 Å². The molecular weight excluding hydrogens is 516 g/mol. The van der Waals surface area contributed by atoms with E-state index in [9.17, 15) is 14.4 Å². The number of rotatable bonds is 6. The predicted octanol–water partition coefficient (Wildman–Crippen LogP) is 3.50. The van der Waals surface area contributed by atoms with Gasteiger partial charge in [0, 0.05) is 45.4 Å². The van der Waals surface area contributed by atoms with Gasteiger partial charge in [0.25, 0.3) is 11.5 Å². The molecule has 4 aromatic heterocycles. The van der Waals surface area contributed by atoms with E-state index in [0.29, 0.717) is 30.5 Å². The van der Waals surface area contributed by atoms with E-state index >= 15 is 0 Å². The van der Waals surface area contributed by atoms with E-state index in [1.807, 2.05) is 13.0 Å². The Kier molecular flexibility index (Phi) is 6.55. The van der Waals surface area contributed by atoms with E-state index in [2.05, 4.69) is 30.6 Å². The minimum atomic E-state index is -0.729. The van der Waals surface area contributed by atoms with Crippen molar-refractivity contribution in [2.24, 2.45) is 0 Å². The normalized spacial score (nSPS) is 18.8. The topological polar surface area (TPSA) is 158 Å². The summed E-state index contributed by atoms with van der Waals surface area (Å²) in [6, 6.07) is 3.04. The fourth-order valence-electron chi connectivity index (χ4n) is 5.43. The van der Waals surface area contributed by atoms with E-state index in [1.54, 1.807) is 12.3 Å². The van der Waals surface area contributed by atoms with Crippen molar-refractivity contribution in [1.82, 2.24) is 29.8 Å². The Morgan fingerprint density at radius 2 is 1.85 bits per heavy atom. The van der Waals surface area contributed by atoms with Crippen LogP contribution in [0.3, 0.4) is 0 Å². The molecule has 2 amide bonds. The number of carbonyl (C=O) groups excluding carboxylic acids is 2. The lowest BCUT2D eigenvalue weighted by Gasteiger charge is -2.15. The van der Waals surface area contributed by atoms with Gasteiger partial charge in [-0.15, -0.1) is 11.3 Å². The van der Waals surface area contributed by atoms with Crippen LogP contribution in [0.1, 0.15) is 83.8 Å². The summed E-state index contributed by atoms with van der Waals surface area (Å²) in [6.07, 6.45) is 10.9. The highest BCUT2D eigenvalue weighted by Crippen LogP contribution is 2.34. The Morgan fingerprint density at radius 1 is 1.08 bits per heavy atom. The summed E-state index contributed by atoms with van der Waals surface area (Å²) in [7, 11) is 0. The van der Waals surface area contributed by atoms with E-state index in [4.69, 9.17) is 5.73 Å². The average Bonchev–Trinajstić information content (AvgIpc) is 3.68. The summed E-state index contributed by atoms with van der Waals surface area (Å²) in [5, 5.41) is 6.54. The van der Waals surface area contributed by atoms with Gasteiger partial charge in [-0.3, -0.25) is 19.0 Å². The zero-order chi connectivity index (χ0) is 27.1. The van der Waals surface area contributed by atoms with E-state index < -0.39 is 17.5 Å². The van der Waals surface area contributed by atoms with Crippen molar-refractivity contribution in [2.45, 2.75) is 63.5 Å². The number of hydrogen-bond donors (Lipinski definition) is 3. The monoisotopic (exact) mass is 544 g/mol. The maximum Gasteiger partial charge on any atom is 0.278 e. The Bertz CT molecular complexity index is 1620. The largest absolute Gasteiger partial charge is 0.384 e. The number of fused-ring (bicyclic) bond motifs is 2. The van der Waals surface area contributed by atoms with Gasteiger partial charge < -0.3 is 16.4 Å². The molecule has 6 rings (SSSR count). The van der Waals surface area contributed by atoms with Crippen molar-refractivity contribution < 1.29 is 9.59 Å².